The Labute approximate surface area is 120 Å². The van der Waals surface area contributed by atoms with Crippen LogP contribution >= 0.6 is 11.8 Å². The van der Waals surface area contributed by atoms with Crippen LogP contribution in [0.2, 0.25) is 0 Å². The molecule has 0 aromatic carbocycles. The third-order valence-corrected chi connectivity index (χ3v) is 5.55. The van der Waals surface area contributed by atoms with Crippen molar-refractivity contribution in [2.75, 3.05) is 18.1 Å². The van der Waals surface area contributed by atoms with Gasteiger partial charge in [-0.25, -0.2) is 0 Å². The van der Waals surface area contributed by atoms with Crippen molar-refractivity contribution in [3.8, 4) is 5.75 Å². The minimum absolute atomic E-state index is 0.608. The molecule has 19 heavy (non-hydrogen) atoms. The molecule has 2 aliphatic rings. The first kappa shape index (κ1) is 13.3. The molecule has 1 aliphatic carbocycles. The molecule has 0 spiro atoms. The summed E-state index contributed by atoms with van der Waals surface area (Å²) in [6, 6.07) is 0.608. The SMILES string of the molecule is c1nn(C2CCCCC2)cc1OCC1CCCSC1. The van der Waals surface area contributed by atoms with Gasteiger partial charge in [0.05, 0.1) is 25.0 Å². The lowest BCUT2D eigenvalue weighted by atomic mass is 9.96. The summed E-state index contributed by atoms with van der Waals surface area (Å²) < 4.78 is 8.05. The molecule has 4 heteroatoms. The number of hydrogen-bond acceptors (Lipinski definition) is 3. The van der Waals surface area contributed by atoms with E-state index in [0.29, 0.717) is 6.04 Å². The van der Waals surface area contributed by atoms with Crippen LogP contribution < -0.4 is 4.74 Å². The normalized spacial score (nSPS) is 25.4. The van der Waals surface area contributed by atoms with E-state index in [2.05, 4.69) is 27.7 Å². The first-order valence-electron chi connectivity index (χ1n) is 7.66. The quantitative estimate of drug-likeness (QED) is 0.836. The van der Waals surface area contributed by atoms with Gasteiger partial charge in [-0.2, -0.15) is 16.9 Å². The van der Waals surface area contributed by atoms with Crippen LogP contribution in [0, 0.1) is 5.92 Å². The molecule has 1 saturated heterocycles. The van der Waals surface area contributed by atoms with Crippen molar-refractivity contribution in [2.45, 2.75) is 51.0 Å². The highest BCUT2D eigenvalue weighted by Crippen LogP contribution is 2.29. The van der Waals surface area contributed by atoms with Crippen molar-refractivity contribution in [1.82, 2.24) is 9.78 Å². The predicted octanol–water partition coefficient (Wildman–Crippen LogP) is 3.91. The first-order valence-corrected chi connectivity index (χ1v) is 8.82. The largest absolute Gasteiger partial charge is 0.490 e. The van der Waals surface area contributed by atoms with Gasteiger partial charge in [-0.3, -0.25) is 4.68 Å². The predicted molar refractivity (Wildman–Crippen MR) is 79.9 cm³/mol. The highest BCUT2D eigenvalue weighted by atomic mass is 32.2. The Kier molecular flexibility index (Phi) is 4.70. The van der Waals surface area contributed by atoms with E-state index >= 15 is 0 Å². The molecule has 1 unspecified atom stereocenters. The Balaban J connectivity index is 1.49. The fourth-order valence-corrected chi connectivity index (χ4v) is 4.23. The number of rotatable bonds is 4. The Morgan fingerprint density at radius 1 is 1.21 bits per heavy atom. The van der Waals surface area contributed by atoms with Gasteiger partial charge in [0.15, 0.2) is 5.75 Å². The maximum absolute atomic E-state index is 5.92. The third-order valence-electron chi connectivity index (χ3n) is 4.27. The molecule has 3 nitrogen and oxygen atoms in total. The molecule has 2 heterocycles. The van der Waals surface area contributed by atoms with E-state index in [0.717, 1.165) is 18.3 Å². The van der Waals surface area contributed by atoms with Gasteiger partial charge in [0.1, 0.15) is 0 Å². The molecule has 1 saturated carbocycles. The topological polar surface area (TPSA) is 27.1 Å². The van der Waals surface area contributed by atoms with Crippen molar-refractivity contribution in [1.29, 1.82) is 0 Å². The molecule has 1 aliphatic heterocycles. The lowest BCUT2D eigenvalue weighted by molar-refractivity contribution is 0.251. The van der Waals surface area contributed by atoms with Crippen LogP contribution in [0.3, 0.4) is 0 Å². The molecule has 1 aromatic rings. The van der Waals surface area contributed by atoms with Crippen molar-refractivity contribution in [2.24, 2.45) is 5.92 Å². The Morgan fingerprint density at radius 2 is 2.11 bits per heavy atom. The van der Waals surface area contributed by atoms with Crippen LogP contribution in [-0.2, 0) is 0 Å². The van der Waals surface area contributed by atoms with Gasteiger partial charge in [0.2, 0.25) is 0 Å². The van der Waals surface area contributed by atoms with Crippen molar-refractivity contribution < 1.29 is 4.74 Å². The second-order valence-electron chi connectivity index (χ2n) is 5.84. The minimum atomic E-state index is 0.608. The molecule has 1 aromatic heterocycles. The molecular weight excluding hydrogens is 256 g/mol. The van der Waals surface area contributed by atoms with E-state index in [1.165, 1.54) is 56.5 Å². The van der Waals surface area contributed by atoms with E-state index in [1.807, 2.05) is 6.20 Å². The number of hydrogen-bond donors (Lipinski definition) is 0. The van der Waals surface area contributed by atoms with Gasteiger partial charge in [-0.05, 0) is 37.2 Å². The highest BCUT2D eigenvalue weighted by molar-refractivity contribution is 7.99. The van der Waals surface area contributed by atoms with E-state index in [1.54, 1.807) is 0 Å². The maximum Gasteiger partial charge on any atom is 0.157 e. The van der Waals surface area contributed by atoms with Crippen LogP contribution in [-0.4, -0.2) is 27.9 Å². The summed E-state index contributed by atoms with van der Waals surface area (Å²) >= 11 is 2.07. The summed E-state index contributed by atoms with van der Waals surface area (Å²) in [5, 5.41) is 4.49. The number of thioether (sulfide) groups is 1. The Hall–Kier alpha value is -0.640. The summed E-state index contributed by atoms with van der Waals surface area (Å²) in [6.45, 7) is 0.864. The zero-order valence-electron chi connectivity index (χ0n) is 11.6. The standard InChI is InChI=1S/C15H24N2OS/c1-2-6-14(7-3-1)17-10-15(9-16-17)18-11-13-5-4-8-19-12-13/h9-10,13-14H,1-8,11-12H2. The Morgan fingerprint density at radius 3 is 2.89 bits per heavy atom. The van der Waals surface area contributed by atoms with Crippen LogP contribution in [0.15, 0.2) is 12.4 Å². The van der Waals surface area contributed by atoms with E-state index in [9.17, 15) is 0 Å². The van der Waals surface area contributed by atoms with Crippen LogP contribution in [0.4, 0.5) is 0 Å². The van der Waals surface area contributed by atoms with Crippen LogP contribution in [0.25, 0.3) is 0 Å². The second-order valence-corrected chi connectivity index (χ2v) is 6.99. The van der Waals surface area contributed by atoms with Gasteiger partial charge in [-0.1, -0.05) is 19.3 Å². The molecular formula is C15H24N2OS. The number of aromatic nitrogens is 2. The van der Waals surface area contributed by atoms with Gasteiger partial charge < -0.3 is 4.74 Å². The van der Waals surface area contributed by atoms with Crippen molar-refractivity contribution >= 4 is 11.8 Å². The van der Waals surface area contributed by atoms with Crippen LogP contribution in [0.5, 0.6) is 5.75 Å². The monoisotopic (exact) mass is 280 g/mol. The van der Waals surface area contributed by atoms with Crippen molar-refractivity contribution in [3.63, 3.8) is 0 Å². The summed E-state index contributed by atoms with van der Waals surface area (Å²) in [4.78, 5) is 0. The zero-order chi connectivity index (χ0) is 12.9. The van der Waals surface area contributed by atoms with E-state index < -0.39 is 0 Å². The van der Waals surface area contributed by atoms with Gasteiger partial charge >= 0.3 is 0 Å². The number of nitrogens with zero attached hydrogens (tertiary/aromatic N) is 2. The smallest absolute Gasteiger partial charge is 0.157 e. The lowest BCUT2D eigenvalue weighted by Gasteiger charge is -2.22. The van der Waals surface area contributed by atoms with E-state index in [-0.39, 0.29) is 0 Å². The average Bonchev–Trinajstić information content (AvgIpc) is 2.96. The second kappa shape index (κ2) is 6.69. The zero-order valence-corrected chi connectivity index (χ0v) is 12.4. The Bertz CT molecular complexity index is 381. The van der Waals surface area contributed by atoms with Crippen LogP contribution in [0.1, 0.15) is 51.0 Å². The average molecular weight is 280 g/mol. The van der Waals surface area contributed by atoms with E-state index in [4.69, 9.17) is 4.74 Å². The fraction of sp³-hybridized carbons (Fsp3) is 0.800. The summed E-state index contributed by atoms with van der Waals surface area (Å²) in [5.41, 5.74) is 0. The van der Waals surface area contributed by atoms with Gasteiger partial charge in [0.25, 0.3) is 0 Å². The van der Waals surface area contributed by atoms with Gasteiger partial charge in [-0.15, -0.1) is 0 Å². The summed E-state index contributed by atoms with van der Waals surface area (Å²) in [6.07, 6.45) is 13.3. The molecule has 2 fully saturated rings. The van der Waals surface area contributed by atoms with Gasteiger partial charge in [0, 0.05) is 5.92 Å². The molecule has 0 N–H and O–H groups in total. The first-order chi connectivity index (χ1) is 9.42. The fourth-order valence-electron chi connectivity index (χ4n) is 3.09. The van der Waals surface area contributed by atoms with Crippen molar-refractivity contribution in [3.05, 3.63) is 12.4 Å². The molecule has 0 bridgehead atoms. The molecule has 106 valence electrons. The summed E-state index contributed by atoms with van der Waals surface area (Å²) in [5.74, 6) is 4.28. The highest BCUT2D eigenvalue weighted by Gasteiger charge is 2.17. The molecule has 0 amide bonds. The lowest BCUT2D eigenvalue weighted by Crippen LogP contribution is -2.18. The number of ether oxygens (including phenoxy) is 1. The molecule has 1 atom stereocenters. The minimum Gasteiger partial charge on any atom is -0.490 e. The third kappa shape index (κ3) is 3.68. The molecule has 0 radical (unpaired) electrons. The summed E-state index contributed by atoms with van der Waals surface area (Å²) in [7, 11) is 0. The maximum atomic E-state index is 5.92. The molecule has 3 rings (SSSR count).